The molecule has 3 heteroatoms. The zero-order chi connectivity index (χ0) is 10.6. The molecule has 0 unspecified atom stereocenters. The standard InChI is InChI=1S/C11H15FO2/c1-8-4-5-10(12)9(2)11(8)14-7-6-13-3/h4-5H,6-7H2,1-3H3. The molecule has 0 bridgehead atoms. The van der Waals surface area contributed by atoms with Gasteiger partial charge < -0.3 is 9.47 Å². The van der Waals surface area contributed by atoms with E-state index in [1.807, 2.05) is 6.92 Å². The van der Waals surface area contributed by atoms with Crippen molar-refractivity contribution < 1.29 is 13.9 Å². The van der Waals surface area contributed by atoms with Crippen LogP contribution in [0, 0.1) is 19.7 Å². The van der Waals surface area contributed by atoms with E-state index in [0.29, 0.717) is 24.5 Å². The quantitative estimate of drug-likeness (QED) is 0.692. The van der Waals surface area contributed by atoms with Crippen LogP contribution in [-0.4, -0.2) is 20.3 Å². The van der Waals surface area contributed by atoms with Gasteiger partial charge in [-0.3, -0.25) is 0 Å². The van der Waals surface area contributed by atoms with E-state index in [0.717, 1.165) is 5.56 Å². The lowest BCUT2D eigenvalue weighted by Crippen LogP contribution is -2.06. The monoisotopic (exact) mass is 198 g/mol. The van der Waals surface area contributed by atoms with Crippen molar-refractivity contribution >= 4 is 0 Å². The minimum atomic E-state index is -0.233. The Morgan fingerprint density at radius 3 is 2.57 bits per heavy atom. The summed E-state index contributed by atoms with van der Waals surface area (Å²) in [5, 5.41) is 0. The Kier molecular flexibility index (Phi) is 3.89. The molecule has 0 aliphatic rings. The first kappa shape index (κ1) is 11.0. The van der Waals surface area contributed by atoms with Crippen molar-refractivity contribution in [2.75, 3.05) is 20.3 Å². The molecule has 0 aliphatic heterocycles. The van der Waals surface area contributed by atoms with Crippen molar-refractivity contribution in [3.63, 3.8) is 0 Å². The summed E-state index contributed by atoms with van der Waals surface area (Å²) < 4.78 is 23.4. The zero-order valence-electron chi connectivity index (χ0n) is 8.76. The van der Waals surface area contributed by atoms with Gasteiger partial charge in [0.2, 0.25) is 0 Å². The van der Waals surface area contributed by atoms with Crippen LogP contribution in [0.25, 0.3) is 0 Å². The number of halogens is 1. The summed E-state index contributed by atoms with van der Waals surface area (Å²) in [4.78, 5) is 0. The summed E-state index contributed by atoms with van der Waals surface area (Å²) in [6.07, 6.45) is 0. The molecule has 0 saturated carbocycles. The van der Waals surface area contributed by atoms with Crippen LogP contribution >= 0.6 is 0 Å². The molecule has 78 valence electrons. The van der Waals surface area contributed by atoms with Gasteiger partial charge in [0.25, 0.3) is 0 Å². The second-order valence-electron chi connectivity index (χ2n) is 3.16. The molecule has 1 rings (SSSR count). The zero-order valence-corrected chi connectivity index (χ0v) is 8.76. The highest BCUT2D eigenvalue weighted by Gasteiger charge is 2.07. The number of methoxy groups -OCH3 is 1. The summed E-state index contributed by atoms with van der Waals surface area (Å²) in [6.45, 7) is 4.57. The maximum Gasteiger partial charge on any atom is 0.129 e. The van der Waals surface area contributed by atoms with Gasteiger partial charge in [-0.1, -0.05) is 6.07 Å². The molecule has 0 atom stereocenters. The molecule has 0 aromatic heterocycles. The first-order chi connectivity index (χ1) is 6.66. The van der Waals surface area contributed by atoms with Crippen molar-refractivity contribution in [3.05, 3.63) is 29.1 Å². The van der Waals surface area contributed by atoms with Crippen LogP contribution in [0.5, 0.6) is 5.75 Å². The maximum atomic E-state index is 13.2. The van der Waals surface area contributed by atoms with E-state index in [-0.39, 0.29) is 5.82 Å². The minimum Gasteiger partial charge on any atom is -0.491 e. The van der Waals surface area contributed by atoms with Gasteiger partial charge in [-0.25, -0.2) is 4.39 Å². The molecule has 1 aromatic rings. The first-order valence-corrected chi connectivity index (χ1v) is 4.54. The molecular weight excluding hydrogens is 183 g/mol. The average molecular weight is 198 g/mol. The van der Waals surface area contributed by atoms with E-state index >= 15 is 0 Å². The average Bonchev–Trinajstić information content (AvgIpc) is 2.18. The highest BCUT2D eigenvalue weighted by Crippen LogP contribution is 2.24. The normalized spacial score (nSPS) is 10.3. The third kappa shape index (κ3) is 2.45. The summed E-state index contributed by atoms with van der Waals surface area (Å²) >= 11 is 0. The van der Waals surface area contributed by atoms with E-state index in [4.69, 9.17) is 9.47 Å². The summed E-state index contributed by atoms with van der Waals surface area (Å²) in [7, 11) is 1.61. The molecule has 1 aromatic carbocycles. The van der Waals surface area contributed by atoms with Crippen LogP contribution in [0.2, 0.25) is 0 Å². The highest BCUT2D eigenvalue weighted by molar-refractivity contribution is 5.40. The molecule has 0 fully saturated rings. The largest absolute Gasteiger partial charge is 0.491 e. The fourth-order valence-corrected chi connectivity index (χ4v) is 1.25. The smallest absolute Gasteiger partial charge is 0.129 e. The van der Waals surface area contributed by atoms with Crippen molar-refractivity contribution in [1.82, 2.24) is 0 Å². The van der Waals surface area contributed by atoms with E-state index in [2.05, 4.69) is 0 Å². The van der Waals surface area contributed by atoms with E-state index in [1.165, 1.54) is 6.07 Å². The van der Waals surface area contributed by atoms with Crippen LogP contribution in [-0.2, 0) is 4.74 Å². The Labute approximate surface area is 83.6 Å². The molecule has 0 saturated heterocycles. The highest BCUT2D eigenvalue weighted by atomic mass is 19.1. The Morgan fingerprint density at radius 2 is 1.93 bits per heavy atom. The molecule has 0 spiro atoms. The van der Waals surface area contributed by atoms with Gasteiger partial charge in [0.15, 0.2) is 0 Å². The van der Waals surface area contributed by atoms with Gasteiger partial charge in [-0.2, -0.15) is 0 Å². The fourth-order valence-electron chi connectivity index (χ4n) is 1.25. The fraction of sp³-hybridized carbons (Fsp3) is 0.455. The van der Waals surface area contributed by atoms with Crippen molar-refractivity contribution in [2.24, 2.45) is 0 Å². The Morgan fingerprint density at radius 1 is 1.21 bits per heavy atom. The van der Waals surface area contributed by atoms with Crippen molar-refractivity contribution in [1.29, 1.82) is 0 Å². The molecule has 2 nitrogen and oxygen atoms in total. The van der Waals surface area contributed by atoms with E-state index in [1.54, 1.807) is 20.1 Å². The number of rotatable bonds is 4. The number of hydrogen-bond donors (Lipinski definition) is 0. The lowest BCUT2D eigenvalue weighted by molar-refractivity contribution is 0.145. The SMILES string of the molecule is COCCOc1c(C)ccc(F)c1C. The molecule has 14 heavy (non-hydrogen) atoms. The minimum absolute atomic E-state index is 0.233. The second kappa shape index (κ2) is 4.96. The van der Waals surface area contributed by atoms with Crippen LogP contribution in [0.4, 0.5) is 4.39 Å². The Hall–Kier alpha value is -1.09. The lowest BCUT2D eigenvalue weighted by atomic mass is 10.1. The van der Waals surface area contributed by atoms with Crippen LogP contribution in [0.1, 0.15) is 11.1 Å². The lowest BCUT2D eigenvalue weighted by Gasteiger charge is -2.11. The van der Waals surface area contributed by atoms with Gasteiger partial charge >= 0.3 is 0 Å². The van der Waals surface area contributed by atoms with E-state index < -0.39 is 0 Å². The topological polar surface area (TPSA) is 18.5 Å². The van der Waals surface area contributed by atoms with Gasteiger partial charge in [-0.15, -0.1) is 0 Å². The number of benzene rings is 1. The molecule has 0 radical (unpaired) electrons. The third-order valence-electron chi connectivity index (χ3n) is 2.07. The second-order valence-corrected chi connectivity index (χ2v) is 3.16. The van der Waals surface area contributed by atoms with Crippen LogP contribution in [0.3, 0.4) is 0 Å². The van der Waals surface area contributed by atoms with E-state index in [9.17, 15) is 4.39 Å². The van der Waals surface area contributed by atoms with Gasteiger partial charge in [0, 0.05) is 12.7 Å². The Bertz CT molecular complexity index is 310. The molecule has 0 aliphatic carbocycles. The van der Waals surface area contributed by atoms with Gasteiger partial charge in [-0.05, 0) is 25.5 Å². The predicted molar refractivity (Wildman–Crippen MR) is 53.2 cm³/mol. The molecule has 0 N–H and O–H groups in total. The van der Waals surface area contributed by atoms with Crippen LogP contribution in [0.15, 0.2) is 12.1 Å². The number of hydrogen-bond acceptors (Lipinski definition) is 2. The van der Waals surface area contributed by atoms with Crippen molar-refractivity contribution in [3.8, 4) is 5.75 Å². The Balaban J connectivity index is 2.79. The maximum absolute atomic E-state index is 13.2. The van der Waals surface area contributed by atoms with Crippen molar-refractivity contribution in [2.45, 2.75) is 13.8 Å². The summed E-state index contributed by atoms with van der Waals surface area (Å²) in [5.74, 6) is 0.394. The van der Waals surface area contributed by atoms with Gasteiger partial charge in [0.05, 0.1) is 6.61 Å². The third-order valence-corrected chi connectivity index (χ3v) is 2.07. The number of ether oxygens (including phenoxy) is 2. The van der Waals surface area contributed by atoms with Gasteiger partial charge in [0.1, 0.15) is 18.2 Å². The number of aryl methyl sites for hydroxylation is 1. The molecule has 0 amide bonds. The molecular formula is C11H15FO2. The first-order valence-electron chi connectivity index (χ1n) is 4.54. The molecule has 0 heterocycles. The summed E-state index contributed by atoms with van der Waals surface area (Å²) in [5.41, 5.74) is 1.50. The van der Waals surface area contributed by atoms with Crippen LogP contribution < -0.4 is 4.74 Å². The predicted octanol–water partition coefficient (Wildman–Crippen LogP) is 2.47. The summed E-state index contributed by atoms with van der Waals surface area (Å²) in [6, 6.07) is 3.16.